The average molecular weight is 357 g/mol. The highest BCUT2D eigenvalue weighted by atomic mass is 35.5. The van der Waals surface area contributed by atoms with Crippen molar-refractivity contribution in [3.63, 3.8) is 0 Å². The Labute approximate surface area is 148 Å². The third kappa shape index (κ3) is 7.43. The minimum absolute atomic E-state index is 0. The fourth-order valence-electron chi connectivity index (χ4n) is 1.79. The third-order valence-electron chi connectivity index (χ3n) is 3.07. The molecule has 0 aliphatic heterocycles. The summed E-state index contributed by atoms with van der Waals surface area (Å²) in [4.78, 5) is 34.7. The number of benzene rings is 1. The molecule has 0 aliphatic carbocycles. The molecule has 0 spiro atoms. The number of aryl methyl sites for hydroxylation is 1. The summed E-state index contributed by atoms with van der Waals surface area (Å²) >= 11 is 0. The maximum absolute atomic E-state index is 12.0. The van der Waals surface area contributed by atoms with Crippen LogP contribution in [0.4, 0.5) is 5.69 Å². The predicted molar refractivity (Wildman–Crippen MR) is 96.3 cm³/mol. The molecule has 0 saturated heterocycles. The van der Waals surface area contributed by atoms with E-state index in [-0.39, 0.29) is 37.3 Å². The van der Waals surface area contributed by atoms with Crippen molar-refractivity contribution in [1.82, 2.24) is 10.6 Å². The Bertz CT molecular complexity index is 591. The van der Waals surface area contributed by atoms with E-state index in [9.17, 15) is 14.4 Å². The van der Waals surface area contributed by atoms with Crippen LogP contribution in [0.5, 0.6) is 0 Å². The molecule has 0 heterocycles. The van der Waals surface area contributed by atoms with E-state index >= 15 is 0 Å². The highest BCUT2D eigenvalue weighted by molar-refractivity contribution is 5.97. The Hall–Kier alpha value is -2.12. The Morgan fingerprint density at radius 2 is 1.79 bits per heavy atom. The van der Waals surface area contributed by atoms with E-state index in [0.29, 0.717) is 23.7 Å². The van der Waals surface area contributed by atoms with Crippen molar-refractivity contribution in [2.45, 2.75) is 20.8 Å². The number of hydrogen-bond donors (Lipinski definition) is 4. The number of nitrogens with one attached hydrogen (secondary N) is 3. The quantitative estimate of drug-likeness (QED) is 0.579. The van der Waals surface area contributed by atoms with Crippen molar-refractivity contribution in [2.24, 2.45) is 11.7 Å². The van der Waals surface area contributed by atoms with Gasteiger partial charge in [0.2, 0.25) is 11.8 Å². The SMILES string of the molecule is Cc1cc(C(=O)NCC(C)C)ccc1NC(=O)CNC(=O)CN.Cl. The summed E-state index contributed by atoms with van der Waals surface area (Å²) in [5, 5.41) is 7.91. The molecule has 0 aliphatic rings. The van der Waals surface area contributed by atoms with Crippen LogP contribution in [0, 0.1) is 12.8 Å². The number of carbonyl (C=O) groups excluding carboxylic acids is 3. The van der Waals surface area contributed by atoms with Gasteiger partial charge in [0.25, 0.3) is 5.91 Å². The molecule has 8 heteroatoms. The van der Waals surface area contributed by atoms with Gasteiger partial charge in [0.1, 0.15) is 0 Å². The van der Waals surface area contributed by atoms with E-state index in [1.807, 2.05) is 13.8 Å². The second-order valence-electron chi connectivity index (χ2n) is 5.66. The van der Waals surface area contributed by atoms with Crippen LogP contribution in [0.2, 0.25) is 0 Å². The van der Waals surface area contributed by atoms with Crippen molar-refractivity contribution < 1.29 is 14.4 Å². The van der Waals surface area contributed by atoms with Gasteiger partial charge in [-0.1, -0.05) is 13.8 Å². The first kappa shape index (κ1) is 21.9. The van der Waals surface area contributed by atoms with Crippen LogP contribution in [0.15, 0.2) is 18.2 Å². The van der Waals surface area contributed by atoms with Crippen LogP contribution in [0.25, 0.3) is 0 Å². The molecular formula is C16H25ClN4O3. The summed E-state index contributed by atoms with van der Waals surface area (Å²) in [7, 11) is 0. The van der Waals surface area contributed by atoms with Crippen molar-refractivity contribution in [3.8, 4) is 0 Å². The van der Waals surface area contributed by atoms with Crippen LogP contribution in [0.1, 0.15) is 29.8 Å². The Balaban J connectivity index is 0.00000529. The number of anilines is 1. The molecule has 1 aromatic rings. The van der Waals surface area contributed by atoms with E-state index in [4.69, 9.17) is 5.73 Å². The normalized spacial score (nSPS) is 9.88. The Morgan fingerprint density at radius 3 is 2.33 bits per heavy atom. The molecule has 5 N–H and O–H groups in total. The van der Waals surface area contributed by atoms with E-state index in [1.165, 1.54) is 0 Å². The van der Waals surface area contributed by atoms with Crippen LogP contribution in [0.3, 0.4) is 0 Å². The van der Waals surface area contributed by atoms with Gasteiger partial charge in [0, 0.05) is 17.8 Å². The first-order valence-electron chi connectivity index (χ1n) is 7.49. The number of nitrogens with two attached hydrogens (primary N) is 1. The van der Waals surface area contributed by atoms with Crippen LogP contribution in [-0.2, 0) is 9.59 Å². The van der Waals surface area contributed by atoms with E-state index < -0.39 is 5.91 Å². The zero-order valence-electron chi connectivity index (χ0n) is 14.1. The summed E-state index contributed by atoms with van der Waals surface area (Å²) in [6.07, 6.45) is 0. The average Bonchev–Trinajstić information content (AvgIpc) is 2.52. The van der Waals surface area contributed by atoms with Crippen molar-refractivity contribution in [3.05, 3.63) is 29.3 Å². The molecule has 0 bridgehead atoms. The van der Waals surface area contributed by atoms with Gasteiger partial charge in [-0.05, 0) is 36.6 Å². The van der Waals surface area contributed by atoms with E-state index in [2.05, 4.69) is 16.0 Å². The molecule has 1 rings (SSSR count). The van der Waals surface area contributed by atoms with E-state index in [1.54, 1.807) is 25.1 Å². The number of amides is 3. The fraction of sp³-hybridized carbons (Fsp3) is 0.438. The lowest BCUT2D eigenvalue weighted by atomic mass is 10.1. The molecule has 7 nitrogen and oxygen atoms in total. The van der Waals surface area contributed by atoms with Gasteiger partial charge in [-0.25, -0.2) is 0 Å². The topological polar surface area (TPSA) is 113 Å². The number of halogens is 1. The molecule has 0 aromatic heterocycles. The van der Waals surface area contributed by atoms with Gasteiger partial charge in [0.15, 0.2) is 0 Å². The number of carbonyl (C=O) groups is 3. The second-order valence-corrected chi connectivity index (χ2v) is 5.66. The molecule has 0 unspecified atom stereocenters. The van der Waals surface area contributed by atoms with Crippen molar-refractivity contribution in [2.75, 3.05) is 25.0 Å². The standard InChI is InChI=1S/C16H24N4O3.ClH/c1-10(2)8-19-16(23)12-4-5-13(11(3)6-12)20-15(22)9-18-14(21)7-17;/h4-6,10H,7-9,17H2,1-3H3,(H,18,21)(H,19,23)(H,20,22);1H. The zero-order valence-corrected chi connectivity index (χ0v) is 15.0. The van der Waals surface area contributed by atoms with Gasteiger partial charge >= 0.3 is 0 Å². The number of rotatable bonds is 7. The molecule has 0 atom stereocenters. The van der Waals surface area contributed by atoms with Gasteiger partial charge in [-0.2, -0.15) is 0 Å². The van der Waals surface area contributed by atoms with Crippen LogP contribution >= 0.6 is 12.4 Å². The third-order valence-corrected chi connectivity index (χ3v) is 3.07. The lowest BCUT2D eigenvalue weighted by Crippen LogP contribution is -2.36. The maximum atomic E-state index is 12.0. The van der Waals surface area contributed by atoms with Crippen molar-refractivity contribution in [1.29, 1.82) is 0 Å². The molecule has 1 aromatic carbocycles. The van der Waals surface area contributed by atoms with Gasteiger partial charge in [-0.3, -0.25) is 14.4 Å². The first-order chi connectivity index (χ1) is 10.8. The highest BCUT2D eigenvalue weighted by Gasteiger charge is 2.10. The number of hydrogen-bond acceptors (Lipinski definition) is 4. The first-order valence-corrected chi connectivity index (χ1v) is 7.49. The monoisotopic (exact) mass is 356 g/mol. The molecular weight excluding hydrogens is 332 g/mol. The molecule has 3 amide bonds. The summed E-state index contributed by atoms with van der Waals surface area (Å²) in [6.45, 7) is 6.14. The summed E-state index contributed by atoms with van der Waals surface area (Å²) in [5.41, 5.74) is 7.04. The minimum Gasteiger partial charge on any atom is -0.352 e. The predicted octanol–water partition coefficient (Wildman–Crippen LogP) is 0.816. The van der Waals surface area contributed by atoms with Crippen LogP contribution in [-0.4, -0.2) is 37.4 Å². The summed E-state index contributed by atoms with van der Waals surface area (Å²) in [6, 6.07) is 5.03. The van der Waals surface area contributed by atoms with Gasteiger partial charge in [0.05, 0.1) is 13.1 Å². The van der Waals surface area contributed by atoms with Gasteiger partial charge in [-0.15, -0.1) is 12.4 Å². The van der Waals surface area contributed by atoms with Crippen LogP contribution < -0.4 is 21.7 Å². The summed E-state index contributed by atoms with van der Waals surface area (Å²) in [5.74, 6) is -0.516. The Kier molecular flexibility index (Phi) is 9.68. The fourth-order valence-corrected chi connectivity index (χ4v) is 1.79. The zero-order chi connectivity index (χ0) is 17.4. The molecule has 134 valence electrons. The molecule has 0 radical (unpaired) electrons. The lowest BCUT2D eigenvalue weighted by molar-refractivity contribution is -0.123. The van der Waals surface area contributed by atoms with Crippen molar-refractivity contribution >= 4 is 35.8 Å². The lowest BCUT2D eigenvalue weighted by Gasteiger charge is -2.12. The second kappa shape index (κ2) is 10.6. The largest absolute Gasteiger partial charge is 0.352 e. The molecule has 0 fully saturated rings. The molecule has 0 saturated carbocycles. The smallest absolute Gasteiger partial charge is 0.251 e. The molecule has 24 heavy (non-hydrogen) atoms. The maximum Gasteiger partial charge on any atom is 0.251 e. The van der Waals surface area contributed by atoms with Gasteiger partial charge < -0.3 is 21.7 Å². The Morgan fingerprint density at radius 1 is 1.12 bits per heavy atom. The van der Waals surface area contributed by atoms with E-state index in [0.717, 1.165) is 5.56 Å². The summed E-state index contributed by atoms with van der Waals surface area (Å²) < 4.78 is 0. The highest BCUT2D eigenvalue weighted by Crippen LogP contribution is 2.16. The minimum atomic E-state index is -0.394.